The summed E-state index contributed by atoms with van der Waals surface area (Å²) in [5, 5.41) is 3.29. The summed E-state index contributed by atoms with van der Waals surface area (Å²) in [5.41, 5.74) is 9.38. The van der Waals surface area contributed by atoms with Gasteiger partial charge >= 0.3 is 0 Å². The number of carbonyl (C=O) groups is 1. The molecular formula is C20H22N2O3. The predicted molar refractivity (Wildman–Crippen MR) is 99.1 cm³/mol. The van der Waals surface area contributed by atoms with E-state index in [-0.39, 0.29) is 11.7 Å². The Labute approximate surface area is 147 Å². The summed E-state index contributed by atoms with van der Waals surface area (Å²) >= 11 is 0. The molecule has 0 saturated heterocycles. The lowest BCUT2D eigenvalue weighted by Gasteiger charge is -2.24. The van der Waals surface area contributed by atoms with Crippen molar-refractivity contribution >= 4 is 17.2 Å². The molecule has 5 nitrogen and oxygen atoms in total. The van der Waals surface area contributed by atoms with Crippen molar-refractivity contribution < 1.29 is 14.3 Å². The molecule has 25 heavy (non-hydrogen) atoms. The number of para-hydroxylation sites is 2. The number of allylic oxidation sites excluding steroid dienone is 2. The molecule has 0 fully saturated rings. The van der Waals surface area contributed by atoms with E-state index in [2.05, 4.69) is 5.32 Å². The van der Waals surface area contributed by atoms with Crippen LogP contribution in [-0.4, -0.2) is 20.0 Å². The number of hydrogen-bond acceptors (Lipinski definition) is 5. The topological polar surface area (TPSA) is 73.6 Å². The molecule has 0 spiro atoms. The molecule has 3 N–H and O–H groups in total. The number of nitrogen functional groups attached to an aromatic ring is 1. The maximum Gasteiger partial charge on any atom is 0.160 e. The van der Waals surface area contributed by atoms with E-state index in [0.29, 0.717) is 23.6 Å². The number of carbonyl (C=O) groups excluding carboxylic acids is 1. The van der Waals surface area contributed by atoms with Gasteiger partial charge in [0, 0.05) is 18.2 Å². The van der Waals surface area contributed by atoms with E-state index in [9.17, 15) is 4.79 Å². The van der Waals surface area contributed by atoms with Crippen molar-refractivity contribution in [2.45, 2.75) is 18.8 Å². The molecular weight excluding hydrogens is 316 g/mol. The van der Waals surface area contributed by atoms with E-state index in [1.165, 1.54) is 0 Å². The van der Waals surface area contributed by atoms with E-state index in [0.717, 1.165) is 23.4 Å². The molecule has 2 aromatic rings. The fraction of sp³-hybridized carbons (Fsp3) is 0.250. The molecule has 1 aliphatic rings. The molecule has 0 saturated carbocycles. The van der Waals surface area contributed by atoms with Crippen molar-refractivity contribution in [3.8, 4) is 11.5 Å². The quantitative estimate of drug-likeness (QED) is 0.813. The van der Waals surface area contributed by atoms with Crippen molar-refractivity contribution in [2.75, 3.05) is 25.3 Å². The van der Waals surface area contributed by atoms with Crippen molar-refractivity contribution in [1.82, 2.24) is 0 Å². The lowest BCUT2D eigenvalue weighted by Crippen LogP contribution is -2.17. The smallest absolute Gasteiger partial charge is 0.160 e. The Kier molecular flexibility index (Phi) is 4.93. The van der Waals surface area contributed by atoms with Crippen LogP contribution < -0.4 is 20.5 Å². The number of nitrogens with one attached hydrogen (secondary N) is 1. The standard InChI is InChI=1S/C20H22N2O3/c1-24-19-8-7-13(11-20(19)25-2)14-9-15(12-16(23)10-14)22-18-6-4-3-5-17(18)21/h3-8,11-12,14,22H,9-10,21H2,1-2H3/t14-/m1/s1. The van der Waals surface area contributed by atoms with E-state index < -0.39 is 0 Å². The van der Waals surface area contributed by atoms with Gasteiger partial charge in [0.15, 0.2) is 17.3 Å². The Morgan fingerprint density at radius 2 is 1.80 bits per heavy atom. The highest BCUT2D eigenvalue weighted by atomic mass is 16.5. The fourth-order valence-electron chi connectivity index (χ4n) is 3.11. The first-order valence-electron chi connectivity index (χ1n) is 8.17. The SMILES string of the molecule is COc1ccc([C@H]2CC(=O)C=C(Nc3ccccc3N)C2)cc1OC. The van der Waals surface area contributed by atoms with Crippen molar-refractivity contribution in [3.63, 3.8) is 0 Å². The summed E-state index contributed by atoms with van der Waals surface area (Å²) in [5.74, 6) is 1.54. The molecule has 0 radical (unpaired) electrons. The first-order chi connectivity index (χ1) is 12.1. The van der Waals surface area contributed by atoms with Crippen LogP contribution >= 0.6 is 0 Å². The lowest BCUT2D eigenvalue weighted by molar-refractivity contribution is -0.115. The highest BCUT2D eigenvalue weighted by molar-refractivity contribution is 5.92. The largest absolute Gasteiger partial charge is 0.493 e. The summed E-state index contributed by atoms with van der Waals surface area (Å²) in [6.45, 7) is 0. The minimum absolute atomic E-state index is 0.0877. The normalized spacial score (nSPS) is 17.0. The zero-order valence-corrected chi connectivity index (χ0v) is 14.4. The molecule has 0 amide bonds. The Balaban J connectivity index is 1.82. The fourth-order valence-corrected chi connectivity index (χ4v) is 3.11. The number of anilines is 2. The van der Waals surface area contributed by atoms with Crippen LogP contribution in [-0.2, 0) is 4.79 Å². The summed E-state index contributed by atoms with van der Waals surface area (Å²) in [6.07, 6.45) is 2.88. The minimum Gasteiger partial charge on any atom is -0.493 e. The van der Waals surface area contributed by atoms with Crippen LogP contribution in [0.25, 0.3) is 0 Å². The Morgan fingerprint density at radius 1 is 1.04 bits per heavy atom. The van der Waals surface area contributed by atoms with E-state index in [4.69, 9.17) is 15.2 Å². The van der Waals surface area contributed by atoms with Gasteiger partial charge in [0.25, 0.3) is 0 Å². The van der Waals surface area contributed by atoms with Gasteiger partial charge in [0.2, 0.25) is 0 Å². The molecule has 130 valence electrons. The summed E-state index contributed by atoms with van der Waals surface area (Å²) in [7, 11) is 3.22. The van der Waals surface area contributed by atoms with Crippen molar-refractivity contribution in [2.24, 2.45) is 0 Å². The van der Waals surface area contributed by atoms with Crippen LogP contribution in [0.3, 0.4) is 0 Å². The third kappa shape index (κ3) is 3.76. The van der Waals surface area contributed by atoms with Crippen LogP contribution in [0.15, 0.2) is 54.2 Å². The Bertz CT molecular complexity index is 814. The minimum atomic E-state index is 0.0877. The van der Waals surface area contributed by atoms with Gasteiger partial charge in [-0.2, -0.15) is 0 Å². The van der Waals surface area contributed by atoms with Gasteiger partial charge < -0.3 is 20.5 Å². The molecule has 0 aliphatic heterocycles. The third-order valence-corrected chi connectivity index (χ3v) is 4.38. The third-order valence-electron chi connectivity index (χ3n) is 4.38. The molecule has 1 atom stereocenters. The summed E-state index contributed by atoms with van der Waals surface area (Å²) in [4.78, 5) is 12.2. The molecule has 3 rings (SSSR count). The Hall–Kier alpha value is -2.95. The van der Waals surface area contributed by atoms with Gasteiger partial charge in [0.1, 0.15) is 0 Å². The van der Waals surface area contributed by atoms with E-state index >= 15 is 0 Å². The number of ether oxygens (including phenoxy) is 2. The second-order valence-corrected chi connectivity index (χ2v) is 6.07. The number of hydrogen-bond donors (Lipinski definition) is 2. The summed E-state index contributed by atoms with van der Waals surface area (Å²) < 4.78 is 10.7. The van der Waals surface area contributed by atoms with Gasteiger partial charge in [-0.1, -0.05) is 18.2 Å². The van der Waals surface area contributed by atoms with Crippen LogP contribution in [0.5, 0.6) is 11.5 Å². The van der Waals surface area contributed by atoms with Crippen LogP contribution in [0.1, 0.15) is 24.3 Å². The van der Waals surface area contributed by atoms with Gasteiger partial charge in [-0.05, 0) is 42.2 Å². The number of rotatable bonds is 5. The molecule has 0 bridgehead atoms. The van der Waals surface area contributed by atoms with Crippen molar-refractivity contribution in [3.05, 3.63) is 59.8 Å². The van der Waals surface area contributed by atoms with E-state index in [1.807, 2.05) is 42.5 Å². The zero-order chi connectivity index (χ0) is 17.8. The highest BCUT2D eigenvalue weighted by Gasteiger charge is 2.23. The van der Waals surface area contributed by atoms with Gasteiger partial charge in [-0.25, -0.2) is 0 Å². The zero-order valence-electron chi connectivity index (χ0n) is 14.4. The second-order valence-electron chi connectivity index (χ2n) is 6.07. The number of benzene rings is 2. The number of nitrogens with two attached hydrogens (primary N) is 1. The van der Waals surface area contributed by atoms with Crippen LogP contribution in [0.2, 0.25) is 0 Å². The molecule has 5 heteroatoms. The number of methoxy groups -OCH3 is 2. The average Bonchev–Trinajstić information content (AvgIpc) is 2.62. The second kappa shape index (κ2) is 7.30. The highest BCUT2D eigenvalue weighted by Crippen LogP contribution is 2.37. The van der Waals surface area contributed by atoms with E-state index in [1.54, 1.807) is 20.3 Å². The first-order valence-corrected chi connectivity index (χ1v) is 8.17. The summed E-state index contributed by atoms with van der Waals surface area (Å²) in [6, 6.07) is 13.3. The first kappa shape index (κ1) is 16.9. The maximum absolute atomic E-state index is 12.2. The Morgan fingerprint density at radius 3 is 2.52 bits per heavy atom. The van der Waals surface area contributed by atoms with Crippen LogP contribution in [0.4, 0.5) is 11.4 Å². The molecule has 0 heterocycles. The molecule has 1 aliphatic carbocycles. The predicted octanol–water partition coefficient (Wildman–Crippen LogP) is 3.73. The number of ketones is 1. The molecule has 0 unspecified atom stereocenters. The monoisotopic (exact) mass is 338 g/mol. The molecule has 2 aromatic carbocycles. The maximum atomic E-state index is 12.2. The van der Waals surface area contributed by atoms with Gasteiger partial charge in [-0.3, -0.25) is 4.79 Å². The van der Waals surface area contributed by atoms with Gasteiger partial charge in [-0.15, -0.1) is 0 Å². The van der Waals surface area contributed by atoms with Gasteiger partial charge in [0.05, 0.1) is 25.6 Å². The average molecular weight is 338 g/mol. The van der Waals surface area contributed by atoms with Crippen LogP contribution in [0, 0.1) is 0 Å². The lowest BCUT2D eigenvalue weighted by atomic mass is 9.85. The molecule has 0 aromatic heterocycles. The van der Waals surface area contributed by atoms with Crippen molar-refractivity contribution in [1.29, 1.82) is 0 Å².